The van der Waals surface area contributed by atoms with Crippen LogP contribution < -0.4 is 10.7 Å². The highest BCUT2D eigenvalue weighted by molar-refractivity contribution is 7.80. The molecule has 5 nitrogen and oxygen atoms in total. The molecule has 1 fully saturated rings. The van der Waals surface area contributed by atoms with Crippen molar-refractivity contribution in [3.63, 3.8) is 0 Å². The molecule has 1 aliphatic heterocycles. The Labute approximate surface area is 176 Å². The molecule has 0 aromatic heterocycles. The van der Waals surface area contributed by atoms with Crippen LogP contribution in [0.1, 0.15) is 18.4 Å². The maximum Gasteiger partial charge on any atom is 0.187 e. The molecule has 0 unspecified atom stereocenters. The van der Waals surface area contributed by atoms with Crippen molar-refractivity contribution in [3.8, 4) is 0 Å². The second-order valence-electron chi connectivity index (χ2n) is 6.56. The monoisotopic (exact) mass is 416 g/mol. The third-order valence-electron chi connectivity index (χ3n) is 4.60. The number of morpholine rings is 1. The molecule has 1 saturated heterocycles. The lowest BCUT2D eigenvalue weighted by Crippen LogP contribution is -2.36. The van der Waals surface area contributed by atoms with Crippen LogP contribution in [0.25, 0.3) is 6.08 Å². The fourth-order valence-electron chi connectivity index (χ4n) is 3.31. The van der Waals surface area contributed by atoms with Crippen LogP contribution in [0, 0.1) is 0 Å². The number of allylic oxidation sites excluding steroid dienone is 2. The van der Waals surface area contributed by atoms with Crippen molar-refractivity contribution in [1.29, 1.82) is 0 Å². The van der Waals surface area contributed by atoms with Crippen LogP contribution in [-0.2, 0) is 4.74 Å². The van der Waals surface area contributed by atoms with Crippen molar-refractivity contribution >= 4 is 41.2 Å². The summed E-state index contributed by atoms with van der Waals surface area (Å²) in [5.74, 6) is 0. The van der Waals surface area contributed by atoms with Gasteiger partial charge in [0.2, 0.25) is 0 Å². The zero-order valence-electron chi connectivity index (χ0n) is 15.8. The van der Waals surface area contributed by atoms with E-state index in [2.05, 4.69) is 33.4 Å². The summed E-state index contributed by atoms with van der Waals surface area (Å²) in [4.78, 5) is 2.40. The Morgan fingerprint density at radius 2 is 2.00 bits per heavy atom. The van der Waals surface area contributed by atoms with Gasteiger partial charge in [0.25, 0.3) is 0 Å². The van der Waals surface area contributed by atoms with Gasteiger partial charge < -0.3 is 15.0 Å². The number of halogens is 1. The molecule has 0 saturated carbocycles. The Hall–Kier alpha value is -2.15. The summed E-state index contributed by atoms with van der Waals surface area (Å²) in [5.41, 5.74) is 7.80. The van der Waals surface area contributed by atoms with Crippen molar-refractivity contribution in [3.05, 3.63) is 64.3 Å². The van der Waals surface area contributed by atoms with E-state index in [1.165, 1.54) is 16.8 Å². The SMILES string of the molecule is C=CCNC(=S)NN=CC1=C(N2CCOCC2)C(=Cc2ccc(Cl)cc2)CC1. The Bertz CT molecular complexity index is 795. The smallest absolute Gasteiger partial charge is 0.187 e. The first-order valence-corrected chi connectivity index (χ1v) is 10.2. The van der Waals surface area contributed by atoms with Crippen LogP contribution >= 0.6 is 23.8 Å². The van der Waals surface area contributed by atoms with E-state index < -0.39 is 0 Å². The van der Waals surface area contributed by atoms with Crippen molar-refractivity contribution < 1.29 is 4.74 Å². The first-order valence-electron chi connectivity index (χ1n) is 9.37. The van der Waals surface area contributed by atoms with E-state index in [4.69, 9.17) is 28.6 Å². The largest absolute Gasteiger partial charge is 0.378 e. The number of thiocarbonyl (C=S) groups is 1. The van der Waals surface area contributed by atoms with E-state index in [-0.39, 0.29) is 0 Å². The first-order chi connectivity index (χ1) is 13.7. The molecule has 1 aromatic rings. The molecule has 0 radical (unpaired) electrons. The van der Waals surface area contributed by atoms with Crippen molar-refractivity contribution in [1.82, 2.24) is 15.6 Å². The quantitative estimate of drug-likeness (QED) is 0.320. The standard InChI is InChI=1S/C21H25ClN4OS/c1-2-9-23-21(28)25-24-15-18-6-5-17(14-16-3-7-19(22)8-4-16)20(18)26-10-12-27-13-11-26/h2-4,7-8,14-15H,1,5-6,9-13H2,(H2,23,25,28). The molecule has 1 aliphatic carbocycles. The number of hydrogen-bond acceptors (Lipinski definition) is 4. The molecule has 0 amide bonds. The summed E-state index contributed by atoms with van der Waals surface area (Å²) in [6.07, 6.45) is 7.81. The van der Waals surface area contributed by atoms with Gasteiger partial charge in [-0.05, 0) is 60.0 Å². The molecule has 2 N–H and O–H groups in total. The van der Waals surface area contributed by atoms with Gasteiger partial charge >= 0.3 is 0 Å². The van der Waals surface area contributed by atoms with E-state index in [1.54, 1.807) is 6.08 Å². The number of benzene rings is 1. The molecule has 28 heavy (non-hydrogen) atoms. The fourth-order valence-corrected chi connectivity index (χ4v) is 3.57. The van der Waals surface area contributed by atoms with Crippen LogP contribution in [0.4, 0.5) is 0 Å². The maximum atomic E-state index is 6.02. The number of nitrogens with zero attached hydrogens (tertiary/aromatic N) is 2. The normalized spacial score (nSPS) is 18.8. The third-order valence-corrected chi connectivity index (χ3v) is 5.09. The molecule has 0 atom stereocenters. The van der Waals surface area contributed by atoms with E-state index in [0.29, 0.717) is 11.7 Å². The second-order valence-corrected chi connectivity index (χ2v) is 7.41. The average Bonchev–Trinajstić information content (AvgIpc) is 3.11. The molecule has 1 aromatic carbocycles. The van der Waals surface area contributed by atoms with Crippen LogP contribution in [0.2, 0.25) is 5.02 Å². The highest BCUT2D eigenvalue weighted by Crippen LogP contribution is 2.35. The molecule has 2 aliphatic rings. The van der Waals surface area contributed by atoms with Crippen molar-refractivity contribution in [2.75, 3.05) is 32.8 Å². The van der Waals surface area contributed by atoms with Gasteiger partial charge in [0.1, 0.15) is 0 Å². The minimum Gasteiger partial charge on any atom is -0.378 e. The molecule has 7 heteroatoms. The average molecular weight is 417 g/mol. The summed E-state index contributed by atoms with van der Waals surface area (Å²) in [5, 5.41) is 8.57. The van der Waals surface area contributed by atoms with E-state index in [0.717, 1.165) is 49.7 Å². The van der Waals surface area contributed by atoms with Crippen LogP contribution in [0.5, 0.6) is 0 Å². The van der Waals surface area contributed by atoms with Crippen molar-refractivity contribution in [2.45, 2.75) is 12.8 Å². The van der Waals surface area contributed by atoms with Crippen LogP contribution in [0.15, 0.2) is 58.9 Å². The predicted octanol–water partition coefficient (Wildman–Crippen LogP) is 3.74. The molecule has 1 heterocycles. The lowest BCUT2D eigenvalue weighted by Gasteiger charge is -2.31. The highest BCUT2D eigenvalue weighted by Gasteiger charge is 2.25. The number of hydrogen-bond donors (Lipinski definition) is 2. The summed E-state index contributed by atoms with van der Waals surface area (Å²) < 4.78 is 5.53. The van der Waals surface area contributed by atoms with Gasteiger partial charge in [0.15, 0.2) is 5.11 Å². The number of hydrazone groups is 1. The molecular weight excluding hydrogens is 392 g/mol. The molecular formula is C21H25ClN4OS. The Kier molecular flexibility index (Phi) is 7.65. The van der Waals surface area contributed by atoms with Gasteiger partial charge in [-0.25, -0.2) is 0 Å². The molecule has 3 rings (SSSR count). The molecule has 0 spiro atoms. The number of nitrogens with one attached hydrogen (secondary N) is 2. The van der Waals surface area contributed by atoms with Gasteiger partial charge in [-0.2, -0.15) is 5.10 Å². The van der Waals surface area contributed by atoms with Gasteiger partial charge in [-0.3, -0.25) is 5.43 Å². The first kappa shape index (κ1) is 20.6. The van der Waals surface area contributed by atoms with E-state index in [1.807, 2.05) is 30.5 Å². The number of ether oxygens (including phenoxy) is 1. The highest BCUT2D eigenvalue weighted by atomic mass is 35.5. The van der Waals surface area contributed by atoms with Gasteiger partial charge in [-0.15, -0.1) is 6.58 Å². The summed E-state index contributed by atoms with van der Waals surface area (Å²) in [7, 11) is 0. The van der Waals surface area contributed by atoms with Gasteiger partial charge in [0.05, 0.1) is 19.4 Å². The van der Waals surface area contributed by atoms with Crippen LogP contribution in [0.3, 0.4) is 0 Å². The van der Waals surface area contributed by atoms with Gasteiger partial charge in [-0.1, -0.05) is 29.8 Å². The van der Waals surface area contributed by atoms with Crippen molar-refractivity contribution in [2.24, 2.45) is 5.10 Å². The van der Waals surface area contributed by atoms with E-state index in [9.17, 15) is 0 Å². The predicted molar refractivity (Wildman–Crippen MR) is 121 cm³/mol. The lowest BCUT2D eigenvalue weighted by atomic mass is 10.1. The van der Waals surface area contributed by atoms with E-state index >= 15 is 0 Å². The summed E-state index contributed by atoms with van der Waals surface area (Å²) in [6.45, 7) is 7.53. The topological polar surface area (TPSA) is 48.9 Å². The zero-order chi connectivity index (χ0) is 19.8. The molecule has 148 valence electrons. The number of rotatable bonds is 6. The molecule has 0 bridgehead atoms. The zero-order valence-corrected chi connectivity index (χ0v) is 17.4. The lowest BCUT2D eigenvalue weighted by molar-refractivity contribution is 0.0548. The Morgan fingerprint density at radius 1 is 1.25 bits per heavy atom. The maximum absolute atomic E-state index is 6.02. The Balaban J connectivity index is 1.81. The van der Waals surface area contributed by atoms with Crippen LogP contribution in [-0.4, -0.2) is 49.1 Å². The summed E-state index contributed by atoms with van der Waals surface area (Å²) >= 11 is 11.2. The third kappa shape index (κ3) is 5.67. The second kappa shape index (κ2) is 10.4. The summed E-state index contributed by atoms with van der Waals surface area (Å²) in [6, 6.07) is 7.93. The minimum absolute atomic E-state index is 0.486. The fraction of sp³-hybridized carbons (Fsp3) is 0.333. The Morgan fingerprint density at radius 3 is 2.71 bits per heavy atom. The van der Waals surface area contributed by atoms with Gasteiger partial charge in [0, 0.05) is 30.4 Å². The minimum atomic E-state index is 0.486.